The van der Waals surface area contributed by atoms with Crippen molar-refractivity contribution in [3.63, 3.8) is 0 Å². The number of halogens is 1. The maximum atomic E-state index is 11.7. The quantitative estimate of drug-likeness (QED) is 0.320. The fourth-order valence-corrected chi connectivity index (χ4v) is 4.30. The van der Waals surface area contributed by atoms with Gasteiger partial charge in [0.25, 0.3) is 5.69 Å². The van der Waals surface area contributed by atoms with E-state index in [-0.39, 0.29) is 10.6 Å². The largest absolute Gasteiger partial charge is 0.376 e. The lowest BCUT2D eigenvalue weighted by Gasteiger charge is -2.42. The van der Waals surface area contributed by atoms with Crippen molar-refractivity contribution in [2.24, 2.45) is 0 Å². The molecule has 0 saturated heterocycles. The first-order chi connectivity index (χ1) is 13.8. The third-order valence-electron chi connectivity index (χ3n) is 5.17. The van der Waals surface area contributed by atoms with Crippen molar-refractivity contribution in [2.75, 3.05) is 33.1 Å². The molecule has 0 aliphatic rings. The second-order valence-electron chi connectivity index (χ2n) is 7.31. The lowest BCUT2D eigenvalue weighted by Crippen LogP contribution is -2.44. The summed E-state index contributed by atoms with van der Waals surface area (Å²) in [5, 5.41) is 12.2. The Kier molecular flexibility index (Phi) is 5.91. The molecule has 0 aliphatic carbocycles. The Morgan fingerprint density at radius 2 is 1.34 bits per heavy atom. The third-order valence-corrected chi connectivity index (χ3v) is 5.57. The van der Waals surface area contributed by atoms with E-state index in [1.165, 1.54) is 6.07 Å². The van der Waals surface area contributed by atoms with Crippen LogP contribution in [0.3, 0.4) is 0 Å². The highest BCUT2D eigenvalue weighted by Gasteiger charge is 2.42. The SMILES string of the molecule is CN(C)c1cc([N+](=O)[O-])cc(C(c2ccccc2)(c2ccccc2)N(C)C)c1Cl. The molecule has 0 aromatic heterocycles. The van der Waals surface area contributed by atoms with E-state index in [1.807, 2.05) is 88.9 Å². The molecule has 0 unspecified atom stereocenters. The van der Waals surface area contributed by atoms with Crippen molar-refractivity contribution in [1.29, 1.82) is 0 Å². The van der Waals surface area contributed by atoms with Gasteiger partial charge in [-0.15, -0.1) is 0 Å². The van der Waals surface area contributed by atoms with Crippen LogP contribution in [0.1, 0.15) is 16.7 Å². The van der Waals surface area contributed by atoms with E-state index in [1.54, 1.807) is 11.0 Å². The van der Waals surface area contributed by atoms with E-state index in [9.17, 15) is 10.1 Å². The van der Waals surface area contributed by atoms with Gasteiger partial charge in [-0.3, -0.25) is 15.0 Å². The molecule has 5 nitrogen and oxygen atoms in total. The standard InChI is InChI=1S/C23H24ClN3O2/c1-25(2)21-16-19(27(28)29)15-20(22(21)24)23(26(3)4,17-11-7-5-8-12-17)18-13-9-6-10-14-18/h5-16H,1-4H3. The fourth-order valence-electron chi connectivity index (χ4n) is 3.88. The molecule has 0 aliphatic heterocycles. The normalized spacial score (nSPS) is 11.5. The summed E-state index contributed by atoms with van der Waals surface area (Å²) in [6, 6.07) is 23.0. The van der Waals surface area contributed by atoms with Crippen LogP contribution in [0.15, 0.2) is 72.8 Å². The van der Waals surface area contributed by atoms with Crippen LogP contribution in [-0.4, -0.2) is 38.0 Å². The maximum absolute atomic E-state index is 11.7. The molecule has 0 fully saturated rings. The van der Waals surface area contributed by atoms with E-state index < -0.39 is 5.54 Å². The summed E-state index contributed by atoms with van der Waals surface area (Å²) < 4.78 is 0. The Morgan fingerprint density at radius 1 is 0.862 bits per heavy atom. The number of nitro groups is 1. The van der Waals surface area contributed by atoms with E-state index in [0.29, 0.717) is 16.3 Å². The zero-order valence-corrected chi connectivity index (χ0v) is 17.7. The molecule has 0 atom stereocenters. The van der Waals surface area contributed by atoms with E-state index in [4.69, 9.17) is 11.6 Å². The molecule has 0 N–H and O–H groups in total. The molecule has 0 spiro atoms. The van der Waals surface area contributed by atoms with Gasteiger partial charge in [-0.1, -0.05) is 72.3 Å². The lowest BCUT2D eigenvalue weighted by atomic mass is 9.75. The molecule has 0 amide bonds. The van der Waals surface area contributed by atoms with Gasteiger partial charge in [0.2, 0.25) is 0 Å². The first kappa shape index (κ1) is 20.8. The van der Waals surface area contributed by atoms with E-state index in [0.717, 1.165) is 11.1 Å². The zero-order valence-electron chi connectivity index (χ0n) is 17.0. The molecule has 0 saturated carbocycles. The number of benzene rings is 3. The predicted octanol–water partition coefficient (Wildman–Crippen LogP) is 5.17. The minimum Gasteiger partial charge on any atom is -0.376 e. The van der Waals surface area contributed by atoms with Crippen LogP contribution in [0.25, 0.3) is 0 Å². The van der Waals surface area contributed by atoms with Crippen molar-refractivity contribution < 1.29 is 4.92 Å². The van der Waals surface area contributed by atoms with Crippen LogP contribution >= 0.6 is 11.6 Å². The monoisotopic (exact) mass is 409 g/mol. The van der Waals surface area contributed by atoms with Crippen molar-refractivity contribution in [1.82, 2.24) is 4.90 Å². The van der Waals surface area contributed by atoms with E-state index in [2.05, 4.69) is 4.90 Å². The molecule has 0 heterocycles. The van der Waals surface area contributed by atoms with Crippen molar-refractivity contribution >= 4 is 23.0 Å². The first-order valence-electron chi connectivity index (χ1n) is 9.24. The zero-order chi connectivity index (χ0) is 21.2. The Balaban J connectivity index is 2.50. The Hall–Kier alpha value is -2.89. The number of rotatable bonds is 6. The Morgan fingerprint density at radius 3 is 1.72 bits per heavy atom. The second-order valence-corrected chi connectivity index (χ2v) is 7.69. The minimum atomic E-state index is -0.809. The topological polar surface area (TPSA) is 49.6 Å². The van der Waals surface area contributed by atoms with Gasteiger partial charge in [0.15, 0.2) is 0 Å². The summed E-state index contributed by atoms with van der Waals surface area (Å²) in [6.45, 7) is 0. The van der Waals surface area contributed by atoms with Gasteiger partial charge in [0.05, 0.1) is 21.2 Å². The number of non-ortho nitro benzene ring substituents is 1. The summed E-state index contributed by atoms with van der Waals surface area (Å²) in [5.41, 5.74) is 2.42. The summed E-state index contributed by atoms with van der Waals surface area (Å²) in [7, 11) is 7.59. The van der Waals surface area contributed by atoms with Crippen LogP contribution in [0.5, 0.6) is 0 Å². The minimum absolute atomic E-state index is 0.00573. The van der Waals surface area contributed by atoms with Gasteiger partial charge in [0.1, 0.15) is 0 Å². The molecule has 0 radical (unpaired) electrons. The molecule has 29 heavy (non-hydrogen) atoms. The summed E-state index contributed by atoms with van der Waals surface area (Å²) in [5.74, 6) is 0. The molecular weight excluding hydrogens is 386 g/mol. The highest BCUT2D eigenvalue weighted by atomic mass is 35.5. The van der Waals surface area contributed by atoms with Gasteiger partial charge < -0.3 is 4.90 Å². The Bertz CT molecular complexity index is 966. The number of hydrogen-bond acceptors (Lipinski definition) is 4. The summed E-state index contributed by atoms with van der Waals surface area (Å²) in [4.78, 5) is 15.2. The predicted molar refractivity (Wildman–Crippen MR) is 119 cm³/mol. The first-order valence-corrected chi connectivity index (χ1v) is 9.62. The number of anilines is 1. The lowest BCUT2D eigenvalue weighted by molar-refractivity contribution is -0.384. The summed E-state index contributed by atoms with van der Waals surface area (Å²) >= 11 is 6.92. The van der Waals surface area contributed by atoms with Crippen LogP contribution in [0.4, 0.5) is 11.4 Å². The Labute approximate surface area is 176 Å². The average molecular weight is 410 g/mol. The van der Waals surface area contributed by atoms with Crippen molar-refractivity contribution in [3.05, 3.63) is 105 Å². The molecule has 150 valence electrons. The molecule has 3 rings (SSSR count). The van der Waals surface area contributed by atoms with Crippen molar-refractivity contribution in [3.8, 4) is 0 Å². The number of nitro benzene ring substituents is 1. The highest BCUT2D eigenvalue weighted by Crippen LogP contribution is 2.47. The van der Waals surface area contributed by atoms with Crippen LogP contribution in [0, 0.1) is 10.1 Å². The number of hydrogen-bond donors (Lipinski definition) is 0. The van der Waals surface area contributed by atoms with Crippen LogP contribution in [0.2, 0.25) is 5.02 Å². The molecule has 3 aromatic carbocycles. The maximum Gasteiger partial charge on any atom is 0.271 e. The molecular formula is C23H24ClN3O2. The third kappa shape index (κ3) is 3.59. The smallest absolute Gasteiger partial charge is 0.271 e. The number of nitrogens with zero attached hydrogens (tertiary/aromatic N) is 3. The second kappa shape index (κ2) is 8.23. The van der Waals surface area contributed by atoms with Crippen molar-refractivity contribution in [2.45, 2.75) is 5.54 Å². The van der Waals surface area contributed by atoms with Gasteiger partial charge in [-0.2, -0.15) is 0 Å². The summed E-state index contributed by atoms with van der Waals surface area (Å²) in [6.07, 6.45) is 0. The van der Waals surface area contributed by atoms with Gasteiger partial charge in [-0.25, -0.2) is 0 Å². The van der Waals surface area contributed by atoms with Crippen LogP contribution < -0.4 is 4.90 Å². The van der Waals surface area contributed by atoms with Gasteiger partial charge in [0, 0.05) is 31.8 Å². The molecule has 6 heteroatoms. The average Bonchev–Trinajstić information content (AvgIpc) is 2.70. The molecule has 0 bridgehead atoms. The fraction of sp³-hybridized carbons (Fsp3) is 0.217. The van der Waals surface area contributed by atoms with Crippen LogP contribution in [-0.2, 0) is 5.54 Å². The molecule has 3 aromatic rings. The van der Waals surface area contributed by atoms with E-state index >= 15 is 0 Å². The highest BCUT2D eigenvalue weighted by molar-refractivity contribution is 6.34. The van der Waals surface area contributed by atoms with Gasteiger partial charge >= 0.3 is 0 Å². The van der Waals surface area contributed by atoms with Gasteiger partial charge in [-0.05, 0) is 25.2 Å².